The van der Waals surface area contributed by atoms with Crippen LogP contribution in [0.2, 0.25) is 5.02 Å². The Balaban J connectivity index is 1.81. The number of carbonyl (C=O) groups is 1. The molecule has 2 aromatic carbocycles. The van der Waals surface area contributed by atoms with Gasteiger partial charge in [0.25, 0.3) is 0 Å². The Morgan fingerprint density at radius 3 is 2.50 bits per heavy atom. The van der Waals surface area contributed by atoms with Crippen LogP contribution >= 0.6 is 11.6 Å². The van der Waals surface area contributed by atoms with E-state index in [9.17, 15) is 15.0 Å². The molecule has 150 valence electrons. The molecule has 0 heterocycles. The number of rotatable bonds is 7. The van der Waals surface area contributed by atoms with Crippen LogP contribution in [0.1, 0.15) is 43.2 Å². The molecule has 28 heavy (non-hydrogen) atoms. The van der Waals surface area contributed by atoms with E-state index in [2.05, 4.69) is 0 Å². The van der Waals surface area contributed by atoms with Crippen molar-refractivity contribution in [3.63, 3.8) is 0 Å². The molecule has 1 unspecified atom stereocenters. The number of benzene rings is 2. The molecule has 0 saturated heterocycles. The summed E-state index contributed by atoms with van der Waals surface area (Å²) in [4.78, 5) is 12.0. The lowest BCUT2D eigenvalue weighted by Gasteiger charge is -2.35. The van der Waals surface area contributed by atoms with Crippen molar-refractivity contribution in [2.45, 2.75) is 44.3 Å². The van der Waals surface area contributed by atoms with Crippen LogP contribution < -0.4 is 9.47 Å². The second kappa shape index (κ2) is 8.84. The minimum absolute atomic E-state index is 0.259. The van der Waals surface area contributed by atoms with Gasteiger partial charge in [-0.25, -0.2) is 4.79 Å². The van der Waals surface area contributed by atoms with Gasteiger partial charge in [0.05, 0.1) is 12.1 Å². The molecule has 2 N–H and O–H groups in total. The van der Waals surface area contributed by atoms with Gasteiger partial charge in [-0.1, -0.05) is 55.1 Å². The number of hydrogen-bond donors (Lipinski definition) is 2. The SMILES string of the molecule is COc1ccccc1COc1ccc(C(O)(C(=O)O)C2CCCCC2)cc1Cl. The first-order valence-corrected chi connectivity index (χ1v) is 9.85. The highest BCUT2D eigenvalue weighted by Crippen LogP contribution is 2.41. The Bertz CT molecular complexity index is 831. The fourth-order valence-electron chi connectivity index (χ4n) is 3.89. The maximum Gasteiger partial charge on any atom is 0.340 e. The van der Waals surface area contributed by atoms with Gasteiger partial charge in [-0.2, -0.15) is 0 Å². The molecule has 6 heteroatoms. The van der Waals surface area contributed by atoms with Gasteiger partial charge in [-0.3, -0.25) is 0 Å². The zero-order valence-electron chi connectivity index (χ0n) is 15.9. The highest BCUT2D eigenvalue weighted by atomic mass is 35.5. The Hall–Kier alpha value is -2.24. The number of aliphatic carboxylic acids is 1. The lowest BCUT2D eigenvalue weighted by molar-refractivity contribution is -0.168. The van der Waals surface area contributed by atoms with Crippen LogP contribution in [0.25, 0.3) is 0 Å². The van der Waals surface area contributed by atoms with Gasteiger partial charge < -0.3 is 19.7 Å². The fourth-order valence-corrected chi connectivity index (χ4v) is 4.12. The van der Waals surface area contributed by atoms with Crippen molar-refractivity contribution < 1.29 is 24.5 Å². The van der Waals surface area contributed by atoms with Gasteiger partial charge in [-0.15, -0.1) is 0 Å². The molecular weight excluding hydrogens is 380 g/mol. The van der Waals surface area contributed by atoms with Crippen LogP contribution in [0, 0.1) is 5.92 Å². The number of ether oxygens (including phenoxy) is 2. The maximum absolute atomic E-state index is 12.0. The predicted molar refractivity (Wildman–Crippen MR) is 107 cm³/mol. The van der Waals surface area contributed by atoms with Crippen molar-refractivity contribution in [1.29, 1.82) is 0 Å². The predicted octanol–water partition coefficient (Wildman–Crippen LogP) is 4.78. The molecule has 0 amide bonds. The molecule has 0 aliphatic heterocycles. The summed E-state index contributed by atoms with van der Waals surface area (Å²) >= 11 is 6.36. The normalized spacial score (nSPS) is 17.0. The second-order valence-electron chi connectivity index (χ2n) is 7.15. The standard InChI is InChI=1S/C22H25ClO5/c1-27-19-10-6-5-7-15(19)14-28-20-12-11-17(13-18(20)23)22(26,21(24)25)16-8-3-2-4-9-16/h5-7,10-13,16,26H,2-4,8-9,14H2,1H3,(H,24,25). The van der Waals surface area contributed by atoms with E-state index in [1.54, 1.807) is 19.2 Å². The zero-order chi connectivity index (χ0) is 20.1. The molecule has 1 fully saturated rings. The van der Waals surface area contributed by atoms with Crippen LogP contribution in [0.5, 0.6) is 11.5 Å². The van der Waals surface area contributed by atoms with Crippen LogP contribution in [0.4, 0.5) is 0 Å². The van der Waals surface area contributed by atoms with Crippen LogP contribution in [0.15, 0.2) is 42.5 Å². The Morgan fingerprint density at radius 1 is 1.14 bits per heavy atom. The summed E-state index contributed by atoms with van der Waals surface area (Å²) in [6.07, 6.45) is 4.30. The highest BCUT2D eigenvalue weighted by molar-refractivity contribution is 6.32. The molecule has 5 nitrogen and oxygen atoms in total. The first kappa shape index (κ1) is 20.5. The van der Waals surface area contributed by atoms with E-state index in [1.807, 2.05) is 24.3 Å². The van der Waals surface area contributed by atoms with Crippen LogP contribution in [0.3, 0.4) is 0 Å². The van der Waals surface area contributed by atoms with Crippen molar-refractivity contribution in [2.24, 2.45) is 5.92 Å². The fraction of sp³-hybridized carbons (Fsp3) is 0.409. The number of para-hydroxylation sites is 1. The molecule has 1 aliphatic carbocycles. The lowest BCUT2D eigenvalue weighted by Crippen LogP contribution is -2.44. The minimum Gasteiger partial charge on any atom is -0.496 e. The van der Waals surface area contributed by atoms with E-state index in [0.717, 1.165) is 24.8 Å². The summed E-state index contributed by atoms with van der Waals surface area (Å²) in [6.45, 7) is 0.259. The topological polar surface area (TPSA) is 76.0 Å². The van der Waals surface area contributed by atoms with Crippen molar-refractivity contribution in [2.75, 3.05) is 7.11 Å². The quantitative estimate of drug-likeness (QED) is 0.694. The van der Waals surface area contributed by atoms with E-state index in [-0.39, 0.29) is 17.5 Å². The van der Waals surface area contributed by atoms with Crippen molar-refractivity contribution in [1.82, 2.24) is 0 Å². The molecule has 1 saturated carbocycles. The largest absolute Gasteiger partial charge is 0.496 e. The number of carboxylic acids is 1. The smallest absolute Gasteiger partial charge is 0.340 e. The summed E-state index contributed by atoms with van der Waals surface area (Å²) in [5, 5.41) is 21.1. The third-order valence-electron chi connectivity index (χ3n) is 5.47. The van der Waals surface area contributed by atoms with E-state index in [4.69, 9.17) is 21.1 Å². The maximum atomic E-state index is 12.0. The molecule has 0 radical (unpaired) electrons. The van der Waals surface area contributed by atoms with Gasteiger partial charge in [-0.05, 0) is 36.6 Å². The molecule has 0 bridgehead atoms. The van der Waals surface area contributed by atoms with Gasteiger partial charge in [0.15, 0.2) is 5.60 Å². The third-order valence-corrected chi connectivity index (χ3v) is 5.77. The zero-order valence-corrected chi connectivity index (χ0v) is 16.6. The van der Waals surface area contributed by atoms with Crippen molar-refractivity contribution >= 4 is 17.6 Å². The third kappa shape index (κ3) is 4.10. The van der Waals surface area contributed by atoms with Crippen molar-refractivity contribution in [3.8, 4) is 11.5 Å². The molecule has 3 rings (SSSR count). The second-order valence-corrected chi connectivity index (χ2v) is 7.56. The molecule has 1 aliphatic rings. The van der Waals surface area contributed by atoms with Crippen LogP contribution in [-0.4, -0.2) is 23.3 Å². The van der Waals surface area contributed by atoms with Crippen molar-refractivity contribution in [3.05, 3.63) is 58.6 Å². The Morgan fingerprint density at radius 2 is 1.86 bits per heavy atom. The molecule has 0 spiro atoms. The highest BCUT2D eigenvalue weighted by Gasteiger charge is 2.46. The van der Waals surface area contributed by atoms with E-state index < -0.39 is 11.6 Å². The Labute approximate surface area is 169 Å². The van der Waals surface area contributed by atoms with E-state index in [0.29, 0.717) is 29.9 Å². The van der Waals surface area contributed by atoms with Crippen LogP contribution in [-0.2, 0) is 17.0 Å². The summed E-state index contributed by atoms with van der Waals surface area (Å²) in [6, 6.07) is 12.2. The Kier molecular flexibility index (Phi) is 6.47. The van der Waals surface area contributed by atoms with Gasteiger partial charge in [0.2, 0.25) is 0 Å². The number of methoxy groups -OCH3 is 1. The number of hydrogen-bond acceptors (Lipinski definition) is 4. The number of halogens is 1. The van der Waals surface area contributed by atoms with Gasteiger partial charge >= 0.3 is 5.97 Å². The summed E-state index contributed by atoms with van der Waals surface area (Å²) in [5.41, 5.74) is -0.776. The molecule has 0 aromatic heterocycles. The van der Waals surface area contributed by atoms with Gasteiger partial charge in [0, 0.05) is 11.5 Å². The minimum atomic E-state index is -1.94. The average molecular weight is 405 g/mol. The van der Waals surface area contributed by atoms with E-state index in [1.165, 1.54) is 6.07 Å². The van der Waals surface area contributed by atoms with E-state index >= 15 is 0 Å². The molecular formula is C22H25ClO5. The summed E-state index contributed by atoms with van der Waals surface area (Å²) in [5.74, 6) is -0.422. The lowest BCUT2D eigenvalue weighted by atomic mass is 9.73. The summed E-state index contributed by atoms with van der Waals surface area (Å²) in [7, 11) is 1.60. The molecule has 1 atom stereocenters. The number of carboxylic acid groups (broad SMARTS) is 1. The summed E-state index contributed by atoms with van der Waals surface area (Å²) < 4.78 is 11.1. The number of aliphatic hydroxyl groups is 1. The first-order valence-electron chi connectivity index (χ1n) is 9.47. The average Bonchev–Trinajstić information content (AvgIpc) is 2.72. The van der Waals surface area contributed by atoms with Gasteiger partial charge in [0.1, 0.15) is 18.1 Å². The monoisotopic (exact) mass is 404 g/mol. The molecule has 2 aromatic rings. The first-order chi connectivity index (χ1) is 13.5.